The van der Waals surface area contributed by atoms with Crippen LogP contribution in [0.25, 0.3) is 0 Å². The molecule has 2 fully saturated rings. The van der Waals surface area contributed by atoms with Gasteiger partial charge in [-0.1, -0.05) is 0 Å². The van der Waals surface area contributed by atoms with Gasteiger partial charge in [0.05, 0.1) is 0 Å². The van der Waals surface area contributed by atoms with Gasteiger partial charge in [0.2, 0.25) is 0 Å². The Morgan fingerprint density at radius 2 is 2.22 bits per heavy atom. The average molecular weight is 248 g/mol. The molecule has 0 bridgehead atoms. The van der Waals surface area contributed by atoms with Crippen LogP contribution in [-0.4, -0.2) is 29.6 Å². The molecule has 0 unspecified atom stereocenters. The number of anilines is 1. The molecule has 0 spiro atoms. The lowest BCUT2D eigenvalue weighted by molar-refractivity contribution is 0.270. The van der Waals surface area contributed by atoms with E-state index in [0.717, 1.165) is 43.9 Å². The minimum absolute atomic E-state index is 0.0425. The Kier molecular flexibility index (Phi) is 2.86. The molecule has 1 aromatic rings. The first-order valence-electron chi connectivity index (χ1n) is 6.70. The monoisotopic (exact) mass is 248 g/mol. The van der Waals surface area contributed by atoms with Gasteiger partial charge in [0.25, 0.3) is 5.56 Å². The molecule has 0 aromatic carbocycles. The van der Waals surface area contributed by atoms with E-state index in [1.807, 2.05) is 7.05 Å². The highest BCUT2D eigenvalue weighted by atomic mass is 16.1. The molecule has 1 aromatic heterocycles. The summed E-state index contributed by atoms with van der Waals surface area (Å²) in [6.45, 7) is 0.939. The molecule has 0 amide bonds. The molecular formula is C13H20N4O. The average Bonchev–Trinajstić information content (AvgIpc) is 3.09. The summed E-state index contributed by atoms with van der Waals surface area (Å²) in [4.78, 5) is 21.1. The molecular weight excluding hydrogens is 228 g/mol. The Morgan fingerprint density at radius 3 is 2.83 bits per heavy atom. The van der Waals surface area contributed by atoms with Gasteiger partial charge in [-0.05, 0) is 31.6 Å². The van der Waals surface area contributed by atoms with Crippen LogP contribution in [0, 0.1) is 5.92 Å². The summed E-state index contributed by atoms with van der Waals surface area (Å²) in [5, 5.41) is 0. The van der Waals surface area contributed by atoms with Gasteiger partial charge < -0.3 is 15.6 Å². The van der Waals surface area contributed by atoms with E-state index >= 15 is 0 Å². The van der Waals surface area contributed by atoms with E-state index in [0.29, 0.717) is 17.9 Å². The molecule has 3 N–H and O–H groups in total. The third-order valence-electron chi connectivity index (χ3n) is 3.91. The zero-order chi connectivity index (χ0) is 12.7. The topological polar surface area (TPSA) is 75.0 Å². The van der Waals surface area contributed by atoms with E-state index in [-0.39, 0.29) is 5.56 Å². The van der Waals surface area contributed by atoms with E-state index < -0.39 is 0 Å². The number of H-pyrrole nitrogens is 1. The molecule has 5 heteroatoms. The van der Waals surface area contributed by atoms with E-state index in [1.165, 1.54) is 0 Å². The first-order chi connectivity index (χ1) is 8.61. The van der Waals surface area contributed by atoms with Crippen LogP contribution in [0.4, 0.5) is 5.82 Å². The molecule has 1 heterocycles. The highest BCUT2D eigenvalue weighted by Crippen LogP contribution is 2.38. The highest BCUT2D eigenvalue weighted by Gasteiger charge is 2.29. The molecule has 2 saturated carbocycles. The summed E-state index contributed by atoms with van der Waals surface area (Å²) in [5.74, 6) is 2.77. The van der Waals surface area contributed by atoms with Crippen LogP contribution in [0.5, 0.6) is 0 Å². The largest absolute Gasteiger partial charge is 0.359 e. The molecule has 0 radical (unpaired) electrons. The van der Waals surface area contributed by atoms with Gasteiger partial charge in [-0.2, -0.15) is 0 Å². The standard InChI is InChI=1S/C13H20N4O/c1-17(7-8-4-10(14)5-8)11-6-12(18)16-13(15-11)9-2-3-9/h6,8-10H,2-5,7,14H2,1H3,(H,15,16,18). The van der Waals surface area contributed by atoms with Gasteiger partial charge in [-0.25, -0.2) is 4.98 Å². The van der Waals surface area contributed by atoms with Crippen LogP contribution in [-0.2, 0) is 0 Å². The van der Waals surface area contributed by atoms with E-state index in [2.05, 4.69) is 14.9 Å². The maximum absolute atomic E-state index is 11.6. The third kappa shape index (κ3) is 2.41. The highest BCUT2D eigenvalue weighted by molar-refractivity contribution is 5.37. The maximum Gasteiger partial charge on any atom is 0.252 e. The summed E-state index contributed by atoms with van der Waals surface area (Å²) in [6.07, 6.45) is 4.47. The van der Waals surface area contributed by atoms with Crippen LogP contribution in [0.2, 0.25) is 0 Å². The summed E-state index contributed by atoms with van der Waals surface area (Å²) in [5.41, 5.74) is 5.75. The molecule has 3 rings (SSSR count). The summed E-state index contributed by atoms with van der Waals surface area (Å²) < 4.78 is 0. The number of aromatic nitrogens is 2. The summed E-state index contributed by atoms with van der Waals surface area (Å²) in [7, 11) is 2.00. The van der Waals surface area contributed by atoms with Gasteiger partial charge in [0.15, 0.2) is 0 Å². The van der Waals surface area contributed by atoms with Crippen molar-refractivity contribution in [1.29, 1.82) is 0 Å². The van der Waals surface area contributed by atoms with Crippen molar-refractivity contribution in [1.82, 2.24) is 9.97 Å². The number of nitrogens with one attached hydrogen (secondary N) is 1. The van der Waals surface area contributed by atoms with E-state index in [4.69, 9.17) is 5.73 Å². The first-order valence-corrected chi connectivity index (χ1v) is 6.70. The van der Waals surface area contributed by atoms with Crippen LogP contribution < -0.4 is 16.2 Å². The Balaban J connectivity index is 1.72. The number of aromatic amines is 1. The first kappa shape index (κ1) is 11.7. The molecule has 0 saturated heterocycles. The molecule has 2 aliphatic rings. The number of nitrogens with two attached hydrogens (primary N) is 1. The number of hydrogen-bond donors (Lipinski definition) is 2. The fourth-order valence-corrected chi connectivity index (χ4v) is 2.63. The smallest absolute Gasteiger partial charge is 0.252 e. The predicted octanol–water partition coefficient (Wildman–Crippen LogP) is 0.821. The Bertz CT molecular complexity index is 488. The summed E-state index contributed by atoms with van der Waals surface area (Å²) >= 11 is 0. The fraction of sp³-hybridized carbons (Fsp3) is 0.692. The minimum atomic E-state index is -0.0425. The normalized spacial score (nSPS) is 26.8. The van der Waals surface area contributed by atoms with Gasteiger partial charge in [-0.15, -0.1) is 0 Å². The molecule has 0 aliphatic heterocycles. The van der Waals surface area contributed by atoms with Crippen LogP contribution >= 0.6 is 0 Å². The minimum Gasteiger partial charge on any atom is -0.359 e. The molecule has 98 valence electrons. The van der Waals surface area contributed by atoms with Crippen molar-refractivity contribution in [2.75, 3.05) is 18.5 Å². The van der Waals surface area contributed by atoms with Crippen LogP contribution in [0.1, 0.15) is 37.4 Å². The molecule has 0 atom stereocenters. The van der Waals surface area contributed by atoms with Gasteiger partial charge in [0.1, 0.15) is 11.6 Å². The predicted molar refractivity (Wildman–Crippen MR) is 70.8 cm³/mol. The second-order valence-electron chi connectivity index (χ2n) is 5.74. The SMILES string of the molecule is CN(CC1CC(N)C1)c1cc(=O)[nH]c(C2CC2)n1. The number of rotatable bonds is 4. The number of hydrogen-bond acceptors (Lipinski definition) is 4. The van der Waals surface area contributed by atoms with E-state index in [9.17, 15) is 4.79 Å². The van der Waals surface area contributed by atoms with Crippen molar-refractivity contribution in [3.63, 3.8) is 0 Å². The second-order valence-corrected chi connectivity index (χ2v) is 5.74. The lowest BCUT2D eigenvalue weighted by Crippen LogP contribution is -2.42. The Morgan fingerprint density at radius 1 is 1.50 bits per heavy atom. The van der Waals surface area contributed by atoms with Crippen molar-refractivity contribution in [3.8, 4) is 0 Å². The Hall–Kier alpha value is -1.36. The van der Waals surface area contributed by atoms with Gasteiger partial charge >= 0.3 is 0 Å². The zero-order valence-corrected chi connectivity index (χ0v) is 10.7. The fourth-order valence-electron chi connectivity index (χ4n) is 2.63. The van der Waals surface area contributed by atoms with E-state index in [1.54, 1.807) is 6.07 Å². The van der Waals surface area contributed by atoms with Crippen molar-refractivity contribution in [2.24, 2.45) is 11.7 Å². The quantitative estimate of drug-likeness (QED) is 0.827. The van der Waals surface area contributed by atoms with Crippen molar-refractivity contribution < 1.29 is 0 Å². The second kappa shape index (κ2) is 4.39. The van der Waals surface area contributed by atoms with Gasteiger partial charge in [-0.3, -0.25) is 4.79 Å². The third-order valence-corrected chi connectivity index (χ3v) is 3.91. The lowest BCUT2D eigenvalue weighted by Gasteiger charge is -2.35. The number of nitrogens with zero attached hydrogens (tertiary/aromatic N) is 2. The van der Waals surface area contributed by atoms with Gasteiger partial charge in [0, 0.05) is 31.6 Å². The molecule has 18 heavy (non-hydrogen) atoms. The Labute approximate surface area is 106 Å². The summed E-state index contributed by atoms with van der Waals surface area (Å²) in [6, 6.07) is 1.96. The van der Waals surface area contributed by atoms with Crippen molar-refractivity contribution in [2.45, 2.75) is 37.6 Å². The van der Waals surface area contributed by atoms with Crippen LogP contribution in [0.15, 0.2) is 10.9 Å². The lowest BCUT2D eigenvalue weighted by atomic mass is 9.81. The zero-order valence-electron chi connectivity index (χ0n) is 10.7. The molecule has 5 nitrogen and oxygen atoms in total. The van der Waals surface area contributed by atoms with Crippen molar-refractivity contribution in [3.05, 3.63) is 22.2 Å². The molecule has 2 aliphatic carbocycles. The van der Waals surface area contributed by atoms with Crippen LogP contribution in [0.3, 0.4) is 0 Å². The van der Waals surface area contributed by atoms with Crippen molar-refractivity contribution >= 4 is 5.82 Å². The maximum atomic E-state index is 11.6.